The Bertz CT molecular complexity index is 558. The molecule has 1 N–H and O–H groups in total. The van der Waals surface area contributed by atoms with E-state index in [1.807, 2.05) is 36.4 Å². The van der Waals surface area contributed by atoms with E-state index in [1.165, 1.54) is 11.1 Å². The van der Waals surface area contributed by atoms with Gasteiger partial charge in [-0.15, -0.1) is 0 Å². The van der Waals surface area contributed by atoms with E-state index >= 15 is 0 Å². The van der Waals surface area contributed by atoms with Crippen LogP contribution < -0.4 is 4.74 Å². The lowest BCUT2D eigenvalue weighted by Crippen LogP contribution is -2.04. The first-order valence-corrected chi connectivity index (χ1v) is 6.17. The van der Waals surface area contributed by atoms with Gasteiger partial charge in [-0.2, -0.15) is 0 Å². The molecular weight excluding hydrogens is 240 g/mol. The average molecular weight is 256 g/mol. The van der Waals surface area contributed by atoms with Crippen molar-refractivity contribution in [3.63, 3.8) is 0 Å². The Morgan fingerprint density at radius 3 is 2.42 bits per heavy atom. The Morgan fingerprint density at radius 2 is 1.79 bits per heavy atom. The Kier molecular flexibility index (Phi) is 4.18. The van der Waals surface area contributed by atoms with Gasteiger partial charge in [0.05, 0.1) is 13.0 Å². The van der Waals surface area contributed by atoms with Crippen LogP contribution >= 0.6 is 0 Å². The fraction of sp³-hybridized carbons (Fsp3) is 0.188. The zero-order chi connectivity index (χ0) is 13.7. The maximum atomic E-state index is 10.4. The number of carbonyl (C=O) groups is 1. The number of aryl methyl sites for hydroxylation is 1. The van der Waals surface area contributed by atoms with Crippen molar-refractivity contribution in [3.05, 3.63) is 54.1 Å². The summed E-state index contributed by atoms with van der Waals surface area (Å²) >= 11 is 0. The second kappa shape index (κ2) is 6.05. The Labute approximate surface area is 112 Å². The van der Waals surface area contributed by atoms with Crippen LogP contribution in [0.15, 0.2) is 48.5 Å². The van der Waals surface area contributed by atoms with Crippen LogP contribution in [-0.2, 0) is 4.79 Å². The topological polar surface area (TPSA) is 46.5 Å². The second-order valence-electron chi connectivity index (χ2n) is 4.33. The molecule has 0 aliphatic rings. The number of hydrogen-bond acceptors (Lipinski definition) is 2. The zero-order valence-electron chi connectivity index (χ0n) is 10.8. The summed E-state index contributed by atoms with van der Waals surface area (Å²) in [6, 6.07) is 15.9. The predicted molar refractivity (Wildman–Crippen MR) is 74.4 cm³/mol. The highest BCUT2D eigenvalue weighted by Crippen LogP contribution is 2.25. The number of hydrogen-bond donors (Lipinski definition) is 1. The number of rotatable bonds is 5. The van der Waals surface area contributed by atoms with E-state index in [9.17, 15) is 4.79 Å². The third-order valence-corrected chi connectivity index (χ3v) is 2.90. The highest BCUT2D eigenvalue weighted by molar-refractivity contribution is 5.68. The van der Waals surface area contributed by atoms with Gasteiger partial charge in [0.25, 0.3) is 0 Å². The lowest BCUT2D eigenvalue weighted by atomic mass is 10.0. The molecule has 0 aliphatic carbocycles. The van der Waals surface area contributed by atoms with Gasteiger partial charge in [0.1, 0.15) is 5.75 Å². The van der Waals surface area contributed by atoms with Gasteiger partial charge in [0.2, 0.25) is 0 Å². The molecule has 3 heteroatoms. The maximum Gasteiger partial charge on any atom is 0.306 e. The van der Waals surface area contributed by atoms with Gasteiger partial charge in [-0.3, -0.25) is 4.79 Å². The van der Waals surface area contributed by atoms with Crippen LogP contribution in [0.3, 0.4) is 0 Å². The molecule has 19 heavy (non-hydrogen) atoms. The van der Waals surface area contributed by atoms with Crippen molar-refractivity contribution in [3.8, 4) is 16.9 Å². The molecule has 0 saturated heterocycles. The number of carboxylic acids is 1. The highest BCUT2D eigenvalue weighted by Gasteiger charge is 2.02. The van der Waals surface area contributed by atoms with Crippen LogP contribution in [0.4, 0.5) is 0 Å². The summed E-state index contributed by atoms with van der Waals surface area (Å²) in [6.07, 6.45) is 0.0134. The molecule has 98 valence electrons. The first kappa shape index (κ1) is 13.1. The minimum atomic E-state index is -0.850. The molecule has 0 fully saturated rings. The minimum Gasteiger partial charge on any atom is -0.493 e. The molecule has 0 radical (unpaired) electrons. The van der Waals surface area contributed by atoms with Gasteiger partial charge < -0.3 is 9.84 Å². The van der Waals surface area contributed by atoms with Gasteiger partial charge in [-0.25, -0.2) is 0 Å². The van der Waals surface area contributed by atoms with Crippen LogP contribution in [0.2, 0.25) is 0 Å². The zero-order valence-corrected chi connectivity index (χ0v) is 10.8. The number of carboxylic acid groups (broad SMARTS) is 1. The van der Waals surface area contributed by atoms with E-state index in [2.05, 4.69) is 19.1 Å². The number of ether oxygens (including phenoxy) is 1. The van der Waals surface area contributed by atoms with Crippen molar-refractivity contribution in [2.45, 2.75) is 13.3 Å². The quantitative estimate of drug-likeness (QED) is 0.890. The lowest BCUT2D eigenvalue weighted by molar-refractivity contribution is -0.137. The first-order chi connectivity index (χ1) is 9.16. The van der Waals surface area contributed by atoms with E-state index in [0.29, 0.717) is 5.75 Å². The number of benzene rings is 2. The SMILES string of the molecule is Cc1ccccc1-c1ccc(OCCC(=O)O)cc1. The normalized spacial score (nSPS) is 10.2. The van der Waals surface area contributed by atoms with E-state index in [0.717, 1.165) is 5.56 Å². The lowest BCUT2D eigenvalue weighted by Gasteiger charge is -2.08. The van der Waals surface area contributed by atoms with Crippen LogP contribution in [0.5, 0.6) is 5.75 Å². The third-order valence-electron chi connectivity index (χ3n) is 2.90. The Balaban J connectivity index is 2.06. The second-order valence-corrected chi connectivity index (χ2v) is 4.33. The molecule has 2 aromatic carbocycles. The molecule has 0 amide bonds. The summed E-state index contributed by atoms with van der Waals surface area (Å²) in [5.41, 5.74) is 3.55. The van der Waals surface area contributed by atoms with Crippen LogP contribution in [0, 0.1) is 6.92 Å². The van der Waals surface area contributed by atoms with E-state index in [1.54, 1.807) is 0 Å². The van der Waals surface area contributed by atoms with Crippen molar-refractivity contribution >= 4 is 5.97 Å². The van der Waals surface area contributed by atoms with Gasteiger partial charge in [0, 0.05) is 0 Å². The summed E-state index contributed by atoms with van der Waals surface area (Å²) in [5, 5.41) is 8.53. The fourth-order valence-electron chi connectivity index (χ4n) is 1.88. The molecule has 0 heterocycles. The first-order valence-electron chi connectivity index (χ1n) is 6.17. The van der Waals surface area contributed by atoms with Crippen molar-refractivity contribution in [1.82, 2.24) is 0 Å². The smallest absolute Gasteiger partial charge is 0.306 e. The molecule has 3 nitrogen and oxygen atoms in total. The largest absolute Gasteiger partial charge is 0.493 e. The molecule has 0 aromatic heterocycles. The van der Waals surface area contributed by atoms with Gasteiger partial charge in [0.15, 0.2) is 0 Å². The Morgan fingerprint density at radius 1 is 1.11 bits per heavy atom. The van der Waals surface area contributed by atoms with Crippen LogP contribution in [0.25, 0.3) is 11.1 Å². The minimum absolute atomic E-state index is 0.0134. The highest BCUT2D eigenvalue weighted by atomic mass is 16.5. The fourth-order valence-corrected chi connectivity index (χ4v) is 1.88. The van der Waals surface area contributed by atoms with Gasteiger partial charge in [-0.05, 0) is 35.7 Å². The summed E-state index contributed by atoms with van der Waals surface area (Å²) in [7, 11) is 0. The average Bonchev–Trinajstić information content (AvgIpc) is 2.40. The van der Waals surface area contributed by atoms with Crippen molar-refractivity contribution in [2.75, 3.05) is 6.61 Å². The monoisotopic (exact) mass is 256 g/mol. The van der Waals surface area contributed by atoms with E-state index in [4.69, 9.17) is 9.84 Å². The molecule has 0 spiro atoms. The van der Waals surface area contributed by atoms with Crippen molar-refractivity contribution in [1.29, 1.82) is 0 Å². The molecule has 0 saturated carbocycles. The predicted octanol–water partition coefficient (Wildman–Crippen LogP) is 3.52. The summed E-state index contributed by atoms with van der Waals surface area (Å²) in [4.78, 5) is 10.4. The Hall–Kier alpha value is -2.29. The van der Waals surface area contributed by atoms with Gasteiger partial charge >= 0.3 is 5.97 Å². The molecular formula is C16H16O3. The molecule has 0 aliphatic heterocycles. The van der Waals surface area contributed by atoms with Crippen molar-refractivity contribution in [2.24, 2.45) is 0 Å². The third kappa shape index (κ3) is 3.58. The summed E-state index contributed by atoms with van der Waals surface area (Å²) < 4.78 is 5.36. The number of aliphatic carboxylic acids is 1. The summed E-state index contributed by atoms with van der Waals surface area (Å²) in [5.74, 6) is -0.157. The maximum absolute atomic E-state index is 10.4. The van der Waals surface area contributed by atoms with Gasteiger partial charge in [-0.1, -0.05) is 36.4 Å². The van der Waals surface area contributed by atoms with Crippen molar-refractivity contribution < 1.29 is 14.6 Å². The molecule has 2 aromatic rings. The van der Waals surface area contributed by atoms with E-state index < -0.39 is 5.97 Å². The van der Waals surface area contributed by atoms with Crippen LogP contribution in [-0.4, -0.2) is 17.7 Å². The summed E-state index contributed by atoms with van der Waals surface area (Å²) in [6.45, 7) is 2.27. The standard InChI is InChI=1S/C16H16O3/c1-12-4-2-3-5-15(12)13-6-8-14(9-7-13)19-11-10-16(17)18/h2-9H,10-11H2,1H3,(H,17,18). The van der Waals surface area contributed by atoms with Crippen LogP contribution in [0.1, 0.15) is 12.0 Å². The molecule has 2 rings (SSSR count). The molecule has 0 unspecified atom stereocenters. The molecule has 0 bridgehead atoms. The van der Waals surface area contributed by atoms with E-state index in [-0.39, 0.29) is 13.0 Å². The molecule has 0 atom stereocenters.